The van der Waals surface area contributed by atoms with Gasteiger partial charge in [-0.05, 0) is 95.1 Å². The average Bonchev–Trinajstić information content (AvgIpc) is 0.766. The van der Waals surface area contributed by atoms with Crippen LogP contribution in [0.15, 0.2) is 131 Å². The summed E-state index contributed by atoms with van der Waals surface area (Å²) in [5.41, 5.74) is 6.85. The number of carbonyl (C=O) groups is 2. The molecular formula is C68H86N2O20S2. The first-order valence-electron chi connectivity index (χ1n) is 29.7. The number of esters is 2. The van der Waals surface area contributed by atoms with E-state index in [-0.39, 0.29) is 59.9 Å². The number of benzene rings is 6. The molecular weight excluding hydrogens is 1230 g/mol. The highest BCUT2D eigenvalue weighted by atomic mass is 32.2. The van der Waals surface area contributed by atoms with Crippen LogP contribution in [0.3, 0.4) is 0 Å². The van der Waals surface area contributed by atoms with Crippen LogP contribution >= 0.6 is 0 Å². The molecule has 6 aromatic carbocycles. The van der Waals surface area contributed by atoms with Crippen molar-refractivity contribution in [2.24, 2.45) is 0 Å². The van der Waals surface area contributed by atoms with Gasteiger partial charge in [-0.2, -0.15) is 0 Å². The first-order chi connectivity index (χ1) is 44.0. The molecule has 92 heavy (non-hydrogen) atoms. The number of nitrogens with zero attached hydrogens (tertiary/aromatic N) is 2. The molecule has 0 saturated carbocycles. The molecule has 4 atom stereocenters. The molecule has 6 aromatic rings. The Morgan fingerprint density at radius 3 is 1.02 bits per heavy atom. The number of quaternary nitrogens is 2. The number of methoxy groups -OCH3 is 10. The molecule has 0 unspecified atom stereocenters. The Labute approximate surface area is 541 Å². The van der Waals surface area contributed by atoms with Gasteiger partial charge in [0.25, 0.3) is 0 Å². The van der Waals surface area contributed by atoms with Crippen LogP contribution in [0.1, 0.15) is 71.1 Å². The zero-order valence-electron chi connectivity index (χ0n) is 54.5. The number of rotatable bonds is 28. The van der Waals surface area contributed by atoms with E-state index in [9.17, 15) is 35.5 Å². The van der Waals surface area contributed by atoms with Crippen LogP contribution in [0.5, 0.6) is 57.5 Å². The van der Waals surface area contributed by atoms with Crippen LogP contribution in [0.2, 0.25) is 0 Å². The van der Waals surface area contributed by atoms with Crippen molar-refractivity contribution in [2.45, 2.75) is 73.2 Å². The van der Waals surface area contributed by atoms with E-state index in [1.165, 1.54) is 70.8 Å². The lowest BCUT2D eigenvalue weighted by Crippen LogP contribution is -2.52. The van der Waals surface area contributed by atoms with Gasteiger partial charge in [0.2, 0.25) is 11.5 Å². The molecule has 22 nitrogen and oxygen atoms in total. The highest BCUT2D eigenvalue weighted by molar-refractivity contribution is 7.86. The normalized spacial score (nSPS) is 17.4. The van der Waals surface area contributed by atoms with Crippen molar-refractivity contribution in [1.82, 2.24) is 0 Å². The third-order valence-electron chi connectivity index (χ3n) is 16.6. The van der Waals surface area contributed by atoms with Gasteiger partial charge in [-0.1, -0.05) is 48.6 Å². The third-order valence-corrected chi connectivity index (χ3v) is 18.3. The number of hydrogen-bond acceptors (Lipinski definition) is 20. The van der Waals surface area contributed by atoms with Gasteiger partial charge in [-0.3, -0.25) is 9.59 Å². The summed E-state index contributed by atoms with van der Waals surface area (Å²) in [6, 6.07) is 30.8. The summed E-state index contributed by atoms with van der Waals surface area (Å²) in [6.45, 7) is 3.82. The summed E-state index contributed by atoms with van der Waals surface area (Å²) < 4.78 is 131. The fourth-order valence-corrected chi connectivity index (χ4v) is 12.7. The number of fused-ring (bicyclic) bond motifs is 2. The quantitative estimate of drug-likeness (QED) is 0.0146. The molecule has 8 rings (SSSR count). The van der Waals surface area contributed by atoms with Crippen molar-refractivity contribution in [3.63, 3.8) is 0 Å². The number of ether oxygens (including phenoxy) is 12. The van der Waals surface area contributed by atoms with E-state index >= 15 is 0 Å². The van der Waals surface area contributed by atoms with E-state index < -0.39 is 20.2 Å². The summed E-state index contributed by atoms with van der Waals surface area (Å²) in [5.74, 6) is 5.51. The van der Waals surface area contributed by atoms with Crippen molar-refractivity contribution in [3.8, 4) is 57.5 Å². The molecule has 2 heterocycles. The smallest absolute Gasteiger partial charge is 0.309 e. The molecule has 0 saturated heterocycles. The molecule has 0 fully saturated rings. The molecule has 2 aliphatic rings. The van der Waals surface area contributed by atoms with Crippen LogP contribution in [-0.2, 0) is 65.0 Å². The summed E-state index contributed by atoms with van der Waals surface area (Å²) in [4.78, 5) is 25.4. The number of likely N-dealkylation sites (N-methyl/N-ethyl adjacent to an activating group) is 2. The van der Waals surface area contributed by atoms with Gasteiger partial charge in [0.05, 0.1) is 147 Å². The molecule has 0 aliphatic carbocycles. The van der Waals surface area contributed by atoms with Crippen molar-refractivity contribution >= 4 is 32.2 Å². The second-order valence-electron chi connectivity index (χ2n) is 22.2. The lowest BCUT2D eigenvalue weighted by Gasteiger charge is -2.46. The highest BCUT2D eigenvalue weighted by Gasteiger charge is 2.42. The zero-order valence-corrected chi connectivity index (χ0v) is 56.1. The molecule has 0 amide bonds. The fourth-order valence-electron chi connectivity index (χ4n) is 11.7. The first kappa shape index (κ1) is 72.8. The lowest BCUT2D eigenvalue weighted by molar-refractivity contribution is -0.941. The van der Waals surface area contributed by atoms with Crippen LogP contribution < -0.4 is 47.4 Å². The van der Waals surface area contributed by atoms with Crippen LogP contribution in [0, 0.1) is 0 Å². The van der Waals surface area contributed by atoms with Crippen LogP contribution in [0.4, 0.5) is 0 Å². The topological polar surface area (TPSA) is 259 Å². The van der Waals surface area contributed by atoms with Crippen molar-refractivity contribution in [2.75, 3.05) is 125 Å². The van der Waals surface area contributed by atoms with Gasteiger partial charge in [0.15, 0.2) is 46.0 Å². The van der Waals surface area contributed by atoms with Gasteiger partial charge in [0, 0.05) is 49.7 Å². The fraction of sp³-hybridized carbons (Fsp3) is 0.412. The Bertz CT molecular complexity index is 3390. The molecule has 0 spiro atoms. The van der Waals surface area contributed by atoms with Gasteiger partial charge in [-0.25, -0.2) is 16.8 Å². The van der Waals surface area contributed by atoms with Crippen molar-refractivity contribution < 1.29 is 101 Å². The molecule has 0 N–H and O–H groups in total. The van der Waals surface area contributed by atoms with Gasteiger partial charge in [-0.15, -0.1) is 0 Å². The van der Waals surface area contributed by atoms with E-state index in [1.807, 2.05) is 24.3 Å². The van der Waals surface area contributed by atoms with Gasteiger partial charge in [0.1, 0.15) is 32.3 Å². The monoisotopic (exact) mass is 1310 g/mol. The van der Waals surface area contributed by atoms with Crippen molar-refractivity contribution in [3.05, 3.63) is 155 Å². The summed E-state index contributed by atoms with van der Waals surface area (Å²) in [5, 5.41) is 0. The second-order valence-corrected chi connectivity index (χ2v) is 25.0. The highest BCUT2D eigenvalue weighted by Crippen LogP contribution is 2.47. The number of carbonyl (C=O) groups excluding carboxylic acids is 2. The van der Waals surface area contributed by atoms with E-state index in [0.29, 0.717) is 92.1 Å². The molecule has 24 heteroatoms. The third kappa shape index (κ3) is 19.2. The Morgan fingerprint density at radius 2 is 0.750 bits per heavy atom. The van der Waals surface area contributed by atoms with E-state index in [0.717, 1.165) is 50.1 Å². The van der Waals surface area contributed by atoms with E-state index in [1.54, 1.807) is 95.4 Å². The molecule has 0 radical (unpaired) electrons. The van der Waals surface area contributed by atoms with E-state index in [4.69, 9.17) is 56.8 Å². The molecule has 2 aliphatic heterocycles. The minimum absolute atomic E-state index is 0.0357. The maximum atomic E-state index is 12.9. The minimum Gasteiger partial charge on any atom is -0.744 e. The second kappa shape index (κ2) is 33.9. The maximum absolute atomic E-state index is 12.9. The van der Waals surface area contributed by atoms with Crippen LogP contribution in [-0.4, -0.2) is 171 Å². The summed E-state index contributed by atoms with van der Waals surface area (Å²) in [6.07, 6.45) is 7.83. The Hall–Kier alpha value is -8.26. The van der Waals surface area contributed by atoms with E-state index in [2.05, 4.69) is 38.4 Å². The van der Waals surface area contributed by atoms with Crippen molar-refractivity contribution in [1.29, 1.82) is 0 Å². The molecule has 500 valence electrons. The maximum Gasteiger partial charge on any atom is 0.309 e. The predicted molar refractivity (Wildman–Crippen MR) is 342 cm³/mol. The first-order valence-corrected chi connectivity index (χ1v) is 32.5. The SMILES string of the molecule is COc1cc2c(cc1OC)[C@@H](Cc1cc(OC)c(OC)c(OC)c1)[N@@+](C)(CCCOC(=O)C/C=C/CC(=O)OCCC[N@+]1(C)CCc3cc(OC)c(OC)cc3[C@@H]1Cc1cc(OC)c(OC)c(OC)c1)CC2.O=S(=O)([O-])c1ccccc1.O=S(=O)([O-])c1ccccc1. The van der Waals surface area contributed by atoms with Gasteiger partial charge >= 0.3 is 11.9 Å². The Morgan fingerprint density at radius 1 is 0.446 bits per heavy atom. The van der Waals surface area contributed by atoms with Gasteiger partial charge < -0.3 is 74.9 Å². The number of hydrogen-bond donors (Lipinski definition) is 0. The average molecular weight is 1320 g/mol. The molecule has 0 aromatic heterocycles. The summed E-state index contributed by atoms with van der Waals surface area (Å²) >= 11 is 0. The minimum atomic E-state index is -4.25. The van der Waals surface area contributed by atoms with Crippen LogP contribution in [0.25, 0.3) is 0 Å². The molecule has 0 bridgehead atoms. The standard InChI is InChI=1S/C56H76N2O14.2C6H6O3S/c1-57(23-19-39-33-45(61-3)47(63-5)35-41(39)43(57)27-37-29-49(65-7)55(69-11)50(30-37)66-8)21-15-25-71-53(59)17-13-14-18-54(60)72-26-16-22-58(2)24-20-40-34-46(62-4)48(64-6)36-42(40)44(58)28-38-31-51(67-9)56(70-12)52(32-38)68-10;2*7-10(8,9)6-4-2-1-3-5-6/h13-14,29-36,43-44H,15-28H2,1-12H3;2*1-5H,(H,7,8,9)/q+2;;/p-2/b14-13+;;/t43-,44+,57+,58-;;. The summed E-state index contributed by atoms with van der Waals surface area (Å²) in [7, 11) is 12.3. The predicted octanol–water partition coefficient (Wildman–Crippen LogP) is 9.43. The lowest BCUT2D eigenvalue weighted by atomic mass is 9.86. The Kier molecular flexibility index (Phi) is 26.8. The largest absolute Gasteiger partial charge is 0.744 e. The Balaban J connectivity index is 0.000000567. The zero-order chi connectivity index (χ0) is 67.2.